The first-order chi connectivity index (χ1) is 12.0. The molecule has 2 heterocycles. The van der Waals surface area contributed by atoms with E-state index in [-0.39, 0.29) is 5.91 Å². The van der Waals surface area contributed by atoms with Gasteiger partial charge in [0, 0.05) is 31.9 Å². The first kappa shape index (κ1) is 17.3. The Kier molecular flexibility index (Phi) is 5.22. The minimum absolute atomic E-state index is 0.0418. The first-order valence-electron chi connectivity index (χ1n) is 8.74. The number of anilines is 1. The van der Waals surface area contributed by atoms with E-state index in [0.717, 1.165) is 35.9 Å². The number of hydrogen-bond acceptors (Lipinski definition) is 4. The van der Waals surface area contributed by atoms with Crippen LogP contribution >= 0.6 is 0 Å². The molecule has 0 aliphatic carbocycles. The third kappa shape index (κ3) is 4.10. The van der Waals surface area contributed by atoms with Gasteiger partial charge in [0.2, 0.25) is 0 Å². The Bertz CT molecular complexity index is 739. The van der Waals surface area contributed by atoms with Crippen LogP contribution in [0.2, 0.25) is 0 Å². The molecular formula is C20H25N3O2. The predicted molar refractivity (Wildman–Crippen MR) is 99.0 cm³/mol. The number of rotatable bonds is 4. The lowest BCUT2D eigenvalue weighted by Crippen LogP contribution is -2.52. The quantitative estimate of drug-likeness (QED) is 0.859. The lowest BCUT2D eigenvalue weighted by Gasteiger charge is -2.36. The highest BCUT2D eigenvalue weighted by atomic mass is 16.5. The van der Waals surface area contributed by atoms with Gasteiger partial charge in [-0.15, -0.1) is 0 Å². The Hall–Kier alpha value is -2.56. The lowest BCUT2D eigenvalue weighted by atomic mass is 10.2. The second-order valence-electron chi connectivity index (χ2n) is 6.48. The molecule has 1 unspecified atom stereocenters. The van der Waals surface area contributed by atoms with E-state index >= 15 is 0 Å². The second kappa shape index (κ2) is 7.55. The first-order valence-corrected chi connectivity index (χ1v) is 8.74. The van der Waals surface area contributed by atoms with E-state index in [1.54, 1.807) is 0 Å². The van der Waals surface area contributed by atoms with Gasteiger partial charge in [-0.05, 0) is 44.5 Å². The largest absolute Gasteiger partial charge is 0.481 e. The molecule has 1 aliphatic heterocycles. The lowest BCUT2D eigenvalue weighted by molar-refractivity contribution is -0.138. The van der Waals surface area contributed by atoms with Gasteiger partial charge in [-0.3, -0.25) is 4.79 Å². The monoisotopic (exact) mass is 339 g/mol. The summed E-state index contributed by atoms with van der Waals surface area (Å²) in [5, 5.41) is 0. The fourth-order valence-electron chi connectivity index (χ4n) is 3.05. The molecule has 1 atom stereocenters. The molecule has 132 valence electrons. The van der Waals surface area contributed by atoms with Crippen molar-refractivity contribution in [2.75, 3.05) is 31.1 Å². The number of amides is 1. The average molecular weight is 339 g/mol. The Labute approximate surface area is 149 Å². The zero-order chi connectivity index (χ0) is 17.8. The molecule has 2 aromatic rings. The van der Waals surface area contributed by atoms with Crippen LogP contribution in [0.4, 0.5) is 5.82 Å². The van der Waals surface area contributed by atoms with Crippen LogP contribution in [0.3, 0.4) is 0 Å². The van der Waals surface area contributed by atoms with E-state index in [9.17, 15) is 4.79 Å². The standard InChI is InChI=1S/C20H25N3O2/c1-15-7-4-5-9-18(15)25-17(3)20(24)23-13-11-22(12-14-23)19-10-6-8-16(2)21-19/h4-10,17H,11-14H2,1-3H3. The molecule has 5 heteroatoms. The maximum absolute atomic E-state index is 12.7. The molecule has 1 fully saturated rings. The number of carbonyl (C=O) groups is 1. The highest BCUT2D eigenvalue weighted by molar-refractivity contribution is 5.81. The molecule has 0 saturated carbocycles. The molecule has 0 N–H and O–H groups in total. The van der Waals surface area contributed by atoms with Gasteiger partial charge in [-0.2, -0.15) is 0 Å². The minimum atomic E-state index is -0.482. The van der Waals surface area contributed by atoms with Gasteiger partial charge in [0.15, 0.2) is 6.10 Å². The summed E-state index contributed by atoms with van der Waals surface area (Å²) in [6.07, 6.45) is -0.482. The number of aryl methyl sites for hydroxylation is 2. The van der Waals surface area contributed by atoms with Crippen LogP contribution in [0.25, 0.3) is 0 Å². The number of pyridine rings is 1. The van der Waals surface area contributed by atoms with Gasteiger partial charge in [-0.1, -0.05) is 24.3 Å². The van der Waals surface area contributed by atoms with Crippen LogP contribution < -0.4 is 9.64 Å². The molecule has 0 spiro atoms. The number of carbonyl (C=O) groups excluding carboxylic acids is 1. The fraction of sp³-hybridized carbons (Fsp3) is 0.400. The second-order valence-corrected chi connectivity index (χ2v) is 6.48. The van der Waals surface area contributed by atoms with Gasteiger partial charge in [0.1, 0.15) is 11.6 Å². The predicted octanol–water partition coefficient (Wildman–Crippen LogP) is 2.81. The number of piperazine rings is 1. The molecule has 1 aromatic carbocycles. The topological polar surface area (TPSA) is 45.7 Å². The smallest absolute Gasteiger partial charge is 0.263 e. The summed E-state index contributed by atoms with van der Waals surface area (Å²) in [7, 11) is 0. The molecule has 0 bridgehead atoms. The van der Waals surface area contributed by atoms with Crippen LogP contribution in [0.15, 0.2) is 42.5 Å². The third-order valence-electron chi connectivity index (χ3n) is 4.53. The van der Waals surface area contributed by atoms with Crippen molar-refractivity contribution in [1.82, 2.24) is 9.88 Å². The minimum Gasteiger partial charge on any atom is -0.481 e. The number of aromatic nitrogens is 1. The molecule has 1 saturated heterocycles. The van der Waals surface area contributed by atoms with E-state index in [4.69, 9.17) is 4.74 Å². The van der Waals surface area contributed by atoms with E-state index in [0.29, 0.717) is 13.1 Å². The van der Waals surface area contributed by atoms with E-state index in [2.05, 4.69) is 9.88 Å². The van der Waals surface area contributed by atoms with Crippen LogP contribution in [-0.2, 0) is 4.79 Å². The zero-order valence-electron chi connectivity index (χ0n) is 15.1. The van der Waals surface area contributed by atoms with Gasteiger partial charge in [0.25, 0.3) is 5.91 Å². The van der Waals surface area contributed by atoms with Crippen molar-refractivity contribution >= 4 is 11.7 Å². The summed E-state index contributed by atoms with van der Waals surface area (Å²) in [4.78, 5) is 21.4. The maximum atomic E-state index is 12.7. The zero-order valence-corrected chi connectivity index (χ0v) is 15.1. The Morgan fingerprint density at radius 1 is 1.04 bits per heavy atom. The molecule has 3 rings (SSSR count). The summed E-state index contributed by atoms with van der Waals surface area (Å²) in [6.45, 7) is 8.77. The highest BCUT2D eigenvalue weighted by Gasteiger charge is 2.26. The van der Waals surface area contributed by atoms with Crippen LogP contribution in [0.1, 0.15) is 18.2 Å². The summed E-state index contributed by atoms with van der Waals surface area (Å²) in [5.74, 6) is 1.79. The molecule has 0 radical (unpaired) electrons. The number of para-hydroxylation sites is 1. The van der Waals surface area contributed by atoms with Crippen LogP contribution in [-0.4, -0.2) is 48.1 Å². The van der Waals surface area contributed by atoms with Gasteiger partial charge < -0.3 is 14.5 Å². The fourth-order valence-corrected chi connectivity index (χ4v) is 3.05. The van der Waals surface area contributed by atoms with Crippen molar-refractivity contribution in [3.8, 4) is 5.75 Å². The van der Waals surface area contributed by atoms with Crippen LogP contribution in [0, 0.1) is 13.8 Å². The van der Waals surface area contributed by atoms with E-state index in [1.807, 2.05) is 68.1 Å². The van der Waals surface area contributed by atoms with Crippen LogP contribution in [0.5, 0.6) is 5.75 Å². The van der Waals surface area contributed by atoms with Crippen molar-refractivity contribution < 1.29 is 9.53 Å². The number of ether oxygens (including phenoxy) is 1. The van der Waals surface area contributed by atoms with Crippen molar-refractivity contribution in [1.29, 1.82) is 0 Å². The Morgan fingerprint density at radius 2 is 1.76 bits per heavy atom. The SMILES string of the molecule is Cc1cccc(N2CCN(C(=O)C(C)Oc3ccccc3C)CC2)n1. The molecule has 1 amide bonds. The maximum Gasteiger partial charge on any atom is 0.263 e. The van der Waals surface area contributed by atoms with Crippen molar-refractivity contribution in [2.24, 2.45) is 0 Å². The molecule has 1 aliphatic rings. The van der Waals surface area contributed by atoms with Crippen molar-refractivity contribution in [3.05, 3.63) is 53.7 Å². The Morgan fingerprint density at radius 3 is 2.44 bits per heavy atom. The molecule has 5 nitrogen and oxygen atoms in total. The summed E-state index contributed by atoms with van der Waals surface area (Å²) in [6, 6.07) is 13.8. The molecular weight excluding hydrogens is 314 g/mol. The average Bonchev–Trinajstić information content (AvgIpc) is 2.63. The van der Waals surface area contributed by atoms with E-state index in [1.165, 1.54) is 0 Å². The number of benzene rings is 1. The van der Waals surface area contributed by atoms with E-state index < -0.39 is 6.10 Å². The van der Waals surface area contributed by atoms with Gasteiger partial charge in [0.05, 0.1) is 0 Å². The van der Waals surface area contributed by atoms with Gasteiger partial charge in [-0.25, -0.2) is 4.98 Å². The Balaban J connectivity index is 1.57. The number of hydrogen-bond donors (Lipinski definition) is 0. The van der Waals surface area contributed by atoms with Crippen molar-refractivity contribution in [3.63, 3.8) is 0 Å². The summed E-state index contributed by atoms with van der Waals surface area (Å²) < 4.78 is 5.87. The molecule has 25 heavy (non-hydrogen) atoms. The summed E-state index contributed by atoms with van der Waals surface area (Å²) >= 11 is 0. The van der Waals surface area contributed by atoms with Gasteiger partial charge >= 0.3 is 0 Å². The number of nitrogens with zero attached hydrogens (tertiary/aromatic N) is 3. The molecule has 1 aromatic heterocycles. The normalized spacial score (nSPS) is 15.8. The third-order valence-corrected chi connectivity index (χ3v) is 4.53. The van der Waals surface area contributed by atoms with Crippen molar-refractivity contribution in [2.45, 2.75) is 26.9 Å². The highest BCUT2D eigenvalue weighted by Crippen LogP contribution is 2.19. The summed E-state index contributed by atoms with van der Waals surface area (Å²) in [5.41, 5.74) is 2.05.